The molecule has 10 heavy (non-hydrogen) atoms. The highest BCUT2D eigenvalue weighted by molar-refractivity contribution is 5.89. The topological polar surface area (TPSA) is 38.3 Å². The molecule has 1 aliphatic rings. The van der Waals surface area contributed by atoms with Gasteiger partial charge in [-0.2, -0.15) is 0 Å². The van der Waals surface area contributed by atoms with Crippen LogP contribution in [0.1, 0.15) is 6.92 Å². The number of carbonyl (C=O) groups is 1. The van der Waals surface area contributed by atoms with Gasteiger partial charge in [0, 0.05) is 18.7 Å². The zero-order valence-corrected chi connectivity index (χ0v) is 6.23. The van der Waals surface area contributed by atoms with E-state index in [9.17, 15) is 4.79 Å². The Bertz CT molecular complexity index is 178. The average molecular weight is 141 g/mol. The van der Waals surface area contributed by atoms with Crippen LogP contribution in [0.25, 0.3) is 0 Å². The van der Waals surface area contributed by atoms with E-state index in [2.05, 4.69) is 10.1 Å². The molecule has 0 saturated carbocycles. The van der Waals surface area contributed by atoms with Crippen LogP contribution in [-0.2, 0) is 9.53 Å². The van der Waals surface area contributed by atoms with Crippen molar-refractivity contribution >= 4 is 5.97 Å². The molecule has 1 aliphatic heterocycles. The number of hydrogen-bond donors (Lipinski definition) is 1. The van der Waals surface area contributed by atoms with Gasteiger partial charge in [-0.25, -0.2) is 4.79 Å². The largest absolute Gasteiger partial charge is 0.466 e. The van der Waals surface area contributed by atoms with Crippen LogP contribution < -0.4 is 5.32 Å². The van der Waals surface area contributed by atoms with Crippen molar-refractivity contribution < 1.29 is 9.53 Å². The van der Waals surface area contributed by atoms with Crippen molar-refractivity contribution in [2.24, 2.45) is 0 Å². The van der Waals surface area contributed by atoms with Crippen LogP contribution in [0.2, 0.25) is 0 Å². The molecule has 0 aromatic heterocycles. The molecule has 0 aromatic carbocycles. The van der Waals surface area contributed by atoms with Crippen LogP contribution in [0.3, 0.4) is 0 Å². The van der Waals surface area contributed by atoms with E-state index in [1.165, 1.54) is 7.11 Å². The number of esters is 1. The summed E-state index contributed by atoms with van der Waals surface area (Å²) in [5.41, 5.74) is 1.91. The lowest BCUT2D eigenvalue weighted by Crippen LogP contribution is -2.35. The molecule has 0 amide bonds. The monoisotopic (exact) mass is 141 g/mol. The molecule has 1 rings (SSSR count). The van der Waals surface area contributed by atoms with E-state index >= 15 is 0 Å². The number of hydrogen-bond acceptors (Lipinski definition) is 3. The predicted molar refractivity (Wildman–Crippen MR) is 37.6 cm³/mol. The van der Waals surface area contributed by atoms with Crippen LogP contribution in [-0.4, -0.2) is 26.2 Å². The Balaban J connectivity index is 2.61. The summed E-state index contributed by atoms with van der Waals surface area (Å²) in [4.78, 5) is 10.8. The van der Waals surface area contributed by atoms with Crippen molar-refractivity contribution in [1.82, 2.24) is 5.32 Å². The summed E-state index contributed by atoms with van der Waals surface area (Å²) in [6.07, 6.45) is 0. The van der Waals surface area contributed by atoms with Gasteiger partial charge in [0.15, 0.2) is 0 Å². The summed E-state index contributed by atoms with van der Waals surface area (Å²) in [7, 11) is 1.40. The maximum Gasteiger partial charge on any atom is 0.333 e. The Hall–Kier alpha value is -0.830. The molecule has 3 nitrogen and oxygen atoms in total. The fourth-order valence-electron chi connectivity index (χ4n) is 0.813. The molecule has 0 aliphatic carbocycles. The van der Waals surface area contributed by atoms with Gasteiger partial charge in [-0.1, -0.05) is 0 Å². The zero-order chi connectivity index (χ0) is 7.56. The molecule has 1 fully saturated rings. The molecule has 0 bridgehead atoms. The Labute approximate surface area is 60.1 Å². The van der Waals surface area contributed by atoms with Crippen molar-refractivity contribution in [1.29, 1.82) is 0 Å². The fourth-order valence-corrected chi connectivity index (χ4v) is 0.813. The quantitative estimate of drug-likeness (QED) is 0.415. The molecule has 0 radical (unpaired) electrons. The molecule has 1 saturated heterocycles. The lowest BCUT2D eigenvalue weighted by atomic mass is 10.1. The minimum Gasteiger partial charge on any atom is -0.466 e. The highest BCUT2D eigenvalue weighted by Gasteiger charge is 2.15. The molecule has 0 spiro atoms. The Morgan fingerprint density at radius 1 is 1.60 bits per heavy atom. The van der Waals surface area contributed by atoms with Crippen LogP contribution >= 0.6 is 0 Å². The maximum atomic E-state index is 10.8. The standard InChI is InChI=1S/C7H11NO2/c1-5(7(9)10-2)6-3-8-4-6/h8H,3-4H2,1-2H3. The van der Waals surface area contributed by atoms with Gasteiger partial charge in [-0.3, -0.25) is 0 Å². The minimum absolute atomic E-state index is 0.212. The summed E-state index contributed by atoms with van der Waals surface area (Å²) in [6, 6.07) is 0. The smallest absolute Gasteiger partial charge is 0.333 e. The third kappa shape index (κ3) is 1.19. The molecular formula is C7H11NO2. The lowest BCUT2D eigenvalue weighted by molar-refractivity contribution is -0.136. The number of nitrogens with one attached hydrogen (secondary N) is 1. The second-order valence-electron chi connectivity index (χ2n) is 2.32. The third-order valence-electron chi connectivity index (χ3n) is 1.70. The number of carbonyl (C=O) groups excluding carboxylic acids is 1. The molecular weight excluding hydrogens is 130 g/mol. The summed E-state index contributed by atoms with van der Waals surface area (Å²) < 4.78 is 4.54. The molecule has 1 heterocycles. The van der Waals surface area contributed by atoms with Crippen LogP contribution in [0, 0.1) is 0 Å². The van der Waals surface area contributed by atoms with Crippen molar-refractivity contribution in [3.63, 3.8) is 0 Å². The SMILES string of the molecule is COC(=O)C(C)=C1CNC1. The second kappa shape index (κ2) is 2.84. The van der Waals surface area contributed by atoms with E-state index in [4.69, 9.17) is 0 Å². The number of ether oxygens (including phenoxy) is 1. The predicted octanol–water partition coefficient (Wildman–Crippen LogP) is 0.0791. The van der Waals surface area contributed by atoms with Crippen molar-refractivity contribution in [2.75, 3.05) is 20.2 Å². The van der Waals surface area contributed by atoms with E-state index in [0.717, 1.165) is 24.2 Å². The van der Waals surface area contributed by atoms with Crippen molar-refractivity contribution in [2.45, 2.75) is 6.92 Å². The first-order valence-electron chi connectivity index (χ1n) is 3.23. The van der Waals surface area contributed by atoms with Crippen molar-refractivity contribution in [3.05, 3.63) is 11.1 Å². The number of rotatable bonds is 1. The first-order valence-corrected chi connectivity index (χ1v) is 3.23. The highest BCUT2D eigenvalue weighted by atomic mass is 16.5. The van der Waals surface area contributed by atoms with Crippen LogP contribution in [0.4, 0.5) is 0 Å². The summed E-state index contributed by atoms with van der Waals surface area (Å²) in [5, 5.41) is 3.06. The average Bonchev–Trinajstić information content (AvgIpc) is 1.82. The Kier molecular flexibility index (Phi) is 2.06. The van der Waals surface area contributed by atoms with E-state index < -0.39 is 0 Å². The molecule has 0 atom stereocenters. The van der Waals surface area contributed by atoms with Gasteiger partial charge in [-0.05, 0) is 12.5 Å². The zero-order valence-electron chi connectivity index (χ0n) is 6.23. The van der Waals surface area contributed by atoms with Gasteiger partial charge in [-0.15, -0.1) is 0 Å². The van der Waals surface area contributed by atoms with Crippen molar-refractivity contribution in [3.8, 4) is 0 Å². The Morgan fingerprint density at radius 3 is 2.50 bits per heavy atom. The van der Waals surface area contributed by atoms with Gasteiger partial charge < -0.3 is 10.1 Å². The minimum atomic E-state index is -0.212. The number of methoxy groups -OCH3 is 1. The first-order chi connectivity index (χ1) is 4.75. The van der Waals surface area contributed by atoms with E-state index in [-0.39, 0.29) is 5.97 Å². The fraction of sp³-hybridized carbons (Fsp3) is 0.571. The Morgan fingerprint density at radius 2 is 2.20 bits per heavy atom. The van der Waals surface area contributed by atoms with Gasteiger partial charge in [0.05, 0.1) is 7.11 Å². The first kappa shape index (κ1) is 7.28. The molecule has 3 heteroatoms. The maximum absolute atomic E-state index is 10.8. The van der Waals surface area contributed by atoms with E-state index in [0.29, 0.717) is 0 Å². The highest BCUT2D eigenvalue weighted by Crippen LogP contribution is 2.09. The summed E-state index contributed by atoms with van der Waals surface area (Å²) in [6.45, 7) is 3.46. The normalized spacial score (nSPS) is 16.0. The van der Waals surface area contributed by atoms with Gasteiger partial charge in [0.1, 0.15) is 0 Å². The molecule has 0 unspecified atom stereocenters. The molecule has 56 valence electrons. The van der Waals surface area contributed by atoms with Gasteiger partial charge >= 0.3 is 5.97 Å². The second-order valence-corrected chi connectivity index (χ2v) is 2.32. The summed E-state index contributed by atoms with van der Waals surface area (Å²) >= 11 is 0. The summed E-state index contributed by atoms with van der Waals surface area (Å²) in [5.74, 6) is -0.212. The molecule has 1 N–H and O–H groups in total. The van der Waals surface area contributed by atoms with Gasteiger partial charge in [0.25, 0.3) is 0 Å². The lowest BCUT2D eigenvalue weighted by Gasteiger charge is -2.20. The third-order valence-corrected chi connectivity index (χ3v) is 1.70. The molecule has 0 aromatic rings. The van der Waals surface area contributed by atoms with E-state index in [1.54, 1.807) is 6.92 Å². The van der Waals surface area contributed by atoms with Crippen LogP contribution in [0.5, 0.6) is 0 Å². The van der Waals surface area contributed by atoms with Gasteiger partial charge in [0.2, 0.25) is 0 Å². The van der Waals surface area contributed by atoms with Crippen LogP contribution in [0.15, 0.2) is 11.1 Å². The van der Waals surface area contributed by atoms with E-state index in [1.807, 2.05) is 0 Å².